The Balaban J connectivity index is 1.82. The summed E-state index contributed by atoms with van der Waals surface area (Å²) in [6.45, 7) is 1.35. The molecule has 3 rings (SSSR count). The summed E-state index contributed by atoms with van der Waals surface area (Å²) < 4.78 is 5.71. The molecule has 8 heteroatoms. The minimum Gasteiger partial charge on any atom is -0.457 e. The van der Waals surface area contributed by atoms with E-state index in [1.54, 1.807) is 36.4 Å². The number of nitrogens with one attached hydrogen (secondary N) is 1. The first-order valence-electron chi connectivity index (χ1n) is 6.78. The summed E-state index contributed by atoms with van der Waals surface area (Å²) in [5, 5.41) is 3.75. The van der Waals surface area contributed by atoms with Gasteiger partial charge in [0.2, 0.25) is 5.91 Å². The number of amides is 2. The van der Waals surface area contributed by atoms with Gasteiger partial charge in [0.25, 0.3) is 5.91 Å². The normalized spacial score (nSPS) is 15.7. The molecule has 0 aliphatic carbocycles. The molecule has 122 valence electrons. The van der Waals surface area contributed by atoms with Crippen molar-refractivity contribution in [2.75, 3.05) is 0 Å². The first-order chi connectivity index (χ1) is 11.4. The van der Waals surface area contributed by atoms with E-state index in [2.05, 4.69) is 10.3 Å². The first-order valence-corrected chi connectivity index (χ1v) is 8.35. The number of benzene rings is 1. The predicted octanol–water partition coefficient (Wildman–Crippen LogP) is 4.36. The van der Waals surface area contributed by atoms with Crippen LogP contribution in [0.2, 0.25) is 10.0 Å². The van der Waals surface area contributed by atoms with Gasteiger partial charge in [-0.3, -0.25) is 9.59 Å². The summed E-state index contributed by atoms with van der Waals surface area (Å²) in [4.78, 5) is 27.0. The number of hydrogen-bond donors (Lipinski definition) is 1. The molecular weight excluding hydrogens is 371 g/mol. The number of thioether (sulfide) groups is 1. The number of nitrogens with zero attached hydrogens (tertiary/aromatic N) is 1. The fourth-order valence-corrected chi connectivity index (χ4v) is 3.35. The Kier molecular flexibility index (Phi) is 4.80. The smallest absolute Gasteiger partial charge is 0.286 e. The number of hydrogen-bond acceptors (Lipinski definition) is 4. The fraction of sp³-hybridized carbons (Fsp3) is 0.0625. The Morgan fingerprint density at radius 1 is 1.29 bits per heavy atom. The summed E-state index contributed by atoms with van der Waals surface area (Å²) in [6, 6.07) is 8.57. The second kappa shape index (κ2) is 6.84. The molecule has 1 N–H and O–H groups in total. The van der Waals surface area contributed by atoms with Crippen LogP contribution in [0, 0.1) is 0 Å². The van der Waals surface area contributed by atoms with E-state index in [0.717, 1.165) is 11.8 Å². The maximum absolute atomic E-state index is 11.8. The van der Waals surface area contributed by atoms with E-state index in [0.29, 0.717) is 32.0 Å². The van der Waals surface area contributed by atoms with E-state index in [4.69, 9.17) is 27.6 Å². The Morgan fingerprint density at radius 3 is 2.79 bits per heavy atom. The highest BCUT2D eigenvalue weighted by molar-refractivity contribution is 8.18. The van der Waals surface area contributed by atoms with Crippen LogP contribution in [0.25, 0.3) is 17.4 Å². The van der Waals surface area contributed by atoms with Gasteiger partial charge in [-0.1, -0.05) is 23.2 Å². The van der Waals surface area contributed by atoms with Gasteiger partial charge in [-0.25, -0.2) is 0 Å². The van der Waals surface area contributed by atoms with Crippen molar-refractivity contribution < 1.29 is 14.0 Å². The summed E-state index contributed by atoms with van der Waals surface area (Å²) in [5.74, 6) is 0.326. The Morgan fingerprint density at radius 2 is 2.08 bits per heavy atom. The van der Waals surface area contributed by atoms with Gasteiger partial charge >= 0.3 is 0 Å². The van der Waals surface area contributed by atoms with Crippen LogP contribution in [0.3, 0.4) is 0 Å². The molecule has 0 unspecified atom stereocenters. The van der Waals surface area contributed by atoms with Gasteiger partial charge in [0.05, 0.1) is 9.93 Å². The number of aliphatic imine (C=N–C) groups is 1. The number of carbonyl (C=O) groups is 2. The molecular formula is C16H10Cl2N2O3S. The lowest BCUT2D eigenvalue weighted by Gasteiger charge is -2.01. The van der Waals surface area contributed by atoms with Gasteiger partial charge in [0.15, 0.2) is 5.17 Å². The standard InChI is InChI=1S/C16H10Cl2N2O3S/c1-8(21)19-16-20-15(22)14(24-16)7-10-3-5-13(23-10)11-4-2-9(17)6-12(11)18/h2-7H,1H3,(H,19,20,21,22). The molecule has 2 aromatic rings. The monoisotopic (exact) mass is 380 g/mol. The van der Waals surface area contributed by atoms with Gasteiger partial charge in [-0.2, -0.15) is 4.99 Å². The second-order valence-electron chi connectivity index (χ2n) is 4.84. The van der Waals surface area contributed by atoms with Crippen LogP contribution in [0.5, 0.6) is 0 Å². The topological polar surface area (TPSA) is 71.7 Å². The van der Waals surface area contributed by atoms with Crippen LogP contribution in [-0.2, 0) is 9.59 Å². The summed E-state index contributed by atoms with van der Waals surface area (Å²) in [5.41, 5.74) is 0.700. The summed E-state index contributed by atoms with van der Waals surface area (Å²) in [7, 11) is 0. The van der Waals surface area contributed by atoms with Crippen molar-refractivity contribution in [2.45, 2.75) is 6.92 Å². The van der Waals surface area contributed by atoms with E-state index in [1.165, 1.54) is 6.92 Å². The molecule has 1 aliphatic heterocycles. The molecule has 5 nitrogen and oxygen atoms in total. The Labute approximate surface area is 151 Å². The van der Waals surface area contributed by atoms with Gasteiger partial charge < -0.3 is 9.73 Å². The lowest BCUT2D eigenvalue weighted by molar-refractivity contribution is -0.117. The van der Waals surface area contributed by atoms with Crippen LogP contribution in [0.4, 0.5) is 0 Å². The SMILES string of the molecule is CC(=O)NC1=NC(=O)C(=Cc2ccc(-c3ccc(Cl)cc3Cl)o2)S1. The van der Waals surface area contributed by atoms with Gasteiger partial charge in [-0.15, -0.1) is 0 Å². The highest BCUT2D eigenvalue weighted by Crippen LogP contribution is 2.33. The molecule has 0 spiro atoms. The molecule has 0 radical (unpaired) electrons. The zero-order valence-corrected chi connectivity index (χ0v) is 14.6. The lowest BCUT2D eigenvalue weighted by Crippen LogP contribution is -2.23. The Bertz CT molecular complexity index is 902. The van der Waals surface area contributed by atoms with Crippen LogP contribution in [0.15, 0.2) is 44.6 Å². The van der Waals surface area contributed by atoms with Crippen LogP contribution < -0.4 is 5.32 Å². The molecule has 2 amide bonds. The number of rotatable bonds is 2. The fourth-order valence-electron chi connectivity index (χ4n) is 2.01. The maximum atomic E-state index is 11.8. The predicted molar refractivity (Wildman–Crippen MR) is 96.0 cm³/mol. The van der Waals surface area contributed by atoms with E-state index < -0.39 is 5.91 Å². The van der Waals surface area contributed by atoms with Crippen molar-refractivity contribution in [1.82, 2.24) is 5.32 Å². The molecule has 1 aliphatic rings. The average molecular weight is 381 g/mol. The van der Waals surface area contributed by atoms with Crippen molar-refractivity contribution in [3.63, 3.8) is 0 Å². The van der Waals surface area contributed by atoms with Gasteiger partial charge in [0.1, 0.15) is 11.5 Å². The molecule has 1 aromatic carbocycles. The number of halogens is 2. The maximum Gasteiger partial charge on any atom is 0.286 e. The molecule has 0 atom stereocenters. The van der Waals surface area contributed by atoms with E-state index in [9.17, 15) is 9.59 Å². The first kappa shape index (κ1) is 16.8. The molecule has 2 heterocycles. The zero-order valence-electron chi connectivity index (χ0n) is 12.3. The van der Waals surface area contributed by atoms with Crippen molar-refractivity contribution in [3.8, 4) is 11.3 Å². The van der Waals surface area contributed by atoms with Crippen molar-refractivity contribution >= 4 is 58.0 Å². The number of carbonyl (C=O) groups excluding carboxylic acids is 2. The molecule has 0 fully saturated rings. The van der Waals surface area contributed by atoms with Gasteiger partial charge in [-0.05, 0) is 42.1 Å². The number of amidine groups is 1. The number of furan rings is 1. The zero-order chi connectivity index (χ0) is 17.3. The highest BCUT2D eigenvalue weighted by atomic mass is 35.5. The third-order valence-electron chi connectivity index (χ3n) is 3.00. The third kappa shape index (κ3) is 3.72. The highest BCUT2D eigenvalue weighted by Gasteiger charge is 2.23. The van der Waals surface area contributed by atoms with Crippen LogP contribution in [0.1, 0.15) is 12.7 Å². The average Bonchev–Trinajstić information content (AvgIpc) is 3.06. The third-order valence-corrected chi connectivity index (χ3v) is 4.45. The summed E-state index contributed by atoms with van der Waals surface area (Å²) in [6.07, 6.45) is 1.57. The lowest BCUT2D eigenvalue weighted by atomic mass is 10.2. The van der Waals surface area contributed by atoms with Crippen molar-refractivity contribution in [1.29, 1.82) is 0 Å². The molecule has 24 heavy (non-hydrogen) atoms. The van der Waals surface area contributed by atoms with E-state index in [-0.39, 0.29) is 11.1 Å². The second-order valence-corrected chi connectivity index (χ2v) is 6.71. The van der Waals surface area contributed by atoms with Crippen molar-refractivity contribution in [3.05, 3.63) is 51.0 Å². The minimum atomic E-state index is -0.425. The van der Waals surface area contributed by atoms with E-state index >= 15 is 0 Å². The molecule has 1 aromatic heterocycles. The molecule has 0 saturated heterocycles. The Hall–Kier alpha value is -2.02. The van der Waals surface area contributed by atoms with Crippen LogP contribution >= 0.6 is 35.0 Å². The molecule has 0 bridgehead atoms. The quantitative estimate of drug-likeness (QED) is 0.785. The van der Waals surface area contributed by atoms with Gasteiger partial charge in [0, 0.05) is 23.6 Å². The summed E-state index contributed by atoms with van der Waals surface area (Å²) >= 11 is 13.1. The largest absolute Gasteiger partial charge is 0.457 e. The molecule has 0 saturated carbocycles. The minimum absolute atomic E-state index is 0.256. The van der Waals surface area contributed by atoms with E-state index in [1.807, 2.05) is 0 Å². The van der Waals surface area contributed by atoms with Crippen molar-refractivity contribution in [2.24, 2.45) is 4.99 Å². The van der Waals surface area contributed by atoms with Crippen LogP contribution in [-0.4, -0.2) is 17.0 Å².